The van der Waals surface area contributed by atoms with Gasteiger partial charge in [-0.25, -0.2) is 0 Å². The first-order chi connectivity index (χ1) is 12.0. The van der Waals surface area contributed by atoms with Gasteiger partial charge in [-0.05, 0) is 12.1 Å². The summed E-state index contributed by atoms with van der Waals surface area (Å²) in [5.74, 6) is -0.963. The lowest BCUT2D eigenvalue weighted by Crippen LogP contribution is -2.16. The molecule has 0 radical (unpaired) electrons. The largest absolute Gasteiger partial charge is 0.320 e. The van der Waals surface area contributed by atoms with E-state index in [1.807, 2.05) is 0 Å². The lowest BCUT2D eigenvalue weighted by atomic mass is 10.1. The van der Waals surface area contributed by atoms with Crippen LogP contribution in [-0.4, -0.2) is 28.2 Å². The third-order valence-electron chi connectivity index (χ3n) is 3.83. The second kappa shape index (κ2) is 5.34. The van der Waals surface area contributed by atoms with Crippen LogP contribution in [0.5, 0.6) is 0 Å². The molecule has 122 valence electrons. The van der Waals surface area contributed by atoms with Crippen molar-refractivity contribution >= 4 is 40.3 Å². The SMILES string of the molecule is O=C1Nc2ccccc2/C1=N/N=C1\C(=O)Nc2ccc([N+](=O)[O-])cc21. The average molecular weight is 335 g/mol. The van der Waals surface area contributed by atoms with Gasteiger partial charge in [-0.2, -0.15) is 0 Å². The second-order valence-corrected chi connectivity index (χ2v) is 5.34. The van der Waals surface area contributed by atoms with E-state index in [1.54, 1.807) is 24.3 Å². The van der Waals surface area contributed by atoms with Crippen LogP contribution in [0.3, 0.4) is 0 Å². The van der Waals surface area contributed by atoms with E-state index in [1.165, 1.54) is 18.2 Å². The number of non-ortho nitro benzene ring substituents is 1. The van der Waals surface area contributed by atoms with Gasteiger partial charge in [0.05, 0.1) is 16.3 Å². The number of hydrogen-bond acceptors (Lipinski definition) is 6. The van der Waals surface area contributed by atoms with E-state index in [-0.39, 0.29) is 22.7 Å². The molecule has 0 fully saturated rings. The van der Waals surface area contributed by atoms with E-state index in [2.05, 4.69) is 20.8 Å². The molecule has 0 saturated carbocycles. The van der Waals surface area contributed by atoms with Crippen LogP contribution in [0, 0.1) is 10.1 Å². The molecule has 0 atom stereocenters. The Kier molecular flexibility index (Phi) is 3.14. The molecule has 2 aliphatic rings. The van der Waals surface area contributed by atoms with E-state index in [9.17, 15) is 19.7 Å². The minimum Gasteiger partial charge on any atom is -0.320 e. The first kappa shape index (κ1) is 14.7. The molecule has 0 spiro atoms. The maximum atomic E-state index is 12.1. The fourth-order valence-corrected chi connectivity index (χ4v) is 2.66. The zero-order chi connectivity index (χ0) is 17.6. The Balaban J connectivity index is 1.79. The van der Waals surface area contributed by atoms with Crippen molar-refractivity contribution in [1.82, 2.24) is 0 Å². The number of hydrogen-bond donors (Lipinski definition) is 2. The van der Waals surface area contributed by atoms with Gasteiger partial charge in [0.15, 0.2) is 11.4 Å². The molecule has 2 aromatic carbocycles. The monoisotopic (exact) mass is 335 g/mol. The topological polar surface area (TPSA) is 126 Å². The van der Waals surface area contributed by atoms with Crippen LogP contribution in [0.25, 0.3) is 0 Å². The molecule has 0 unspecified atom stereocenters. The van der Waals surface area contributed by atoms with E-state index in [0.29, 0.717) is 16.9 Å². The number of rotatable bonds is 2. The van der Waals surface area contributed by atoms with Gasteiger partial charge in [-0.3, -0.25) is 19.7 Å². The lowest BCUT2D eigenvalue weighted by Gasteiger charge is -1.97. The Hall–Kier alpha value is -3.88. The summed E-state index contributed by atoms with van der Waals surface area (Å²) in [6.07, 6.45) is 0. The molecule has 25 heavy (non-hydrogen) atoms. The van der Waals surface area contributed by atoms with E-state index < -0.39 is 16.7 Å². The highest BCUT2D eigenvalue weighted by atomic mass is 16.6. The van der Waals surface area contributed by atoms with Gasteiger partial charge in [0, 0.05) is 23.3 Å². The van der Waals surface area contributed by atoms with Crippen molar-refractivity contribution < 1.29 is 14.5 Å². The number of carbonyl (C=O) groups excluding carboxylic acids is 2. The summed E-state index contributed by atoms with van der Waals surface area (Å²) in [6.45, 7) is 0. The molecule has 0 aromatic heterocycles. The highest BCUT2D eigenvalue weighted by Gasteiger charge is 2.30. The summed E-state index contributed by atoms with van der Waals surface area (Å²) >= 11 is 0. The predicted molar refractivity (Wildman–Crippen MR) is 89.9 cm³/mol. The van der Waals surface area contributed by atoms with Gasteiger partial charge in [0.1, 0.15) is 0 Å². The quantitative estimate of drug-likeness (QED) is 0.639. The van der Waals surface area contributed by atoms with Gasteiger partial charge >= 0.3 is 0 Å². The molecule has 2 N–H and O–H groups in total. The van der Waals surface area contributed by atoms with Crippen LogP contribution >= 0.6 is 0 Å². The van der Waals surface area contributed by atoms with Gasteiger partial charge in [0.2, 0.25) is 0 Å². The number of anilines is 2. The first-order valence-electron chi connectivity index (χ1n) is 7.21. The maximum absolute atomic E-state index is 12.1. The third kappa shape index (κ3) is 2.34. The summed E-state index contributed by atoms with van der Waals surface area (Å²) in [5, 5.41) is 23.9. The Bertz CT molecular complexity index is 1020. The number of fused-ring (bicyclic) bond motifs is 2. The molecule has 9 nitrogen and oxygen atoms in total. The van der Waals surface area contributed by atoms with Crippen molar-refractivity contribution in [3.05, 3.63) is 63.7 Å². The molecule has 2 aliphatic heterocycles. The molecule has 0 bridgehead atoms. The van der Waals surface area contributed by atoms with Crippen molar-refractivity contribution in [2.24, 2.45) is 10.2 Å². The molecular formula is C16H9N5O4. The Morgan fingerprint density at radius 3 is 2.12 bits per heavy atom. The maximum Gasteiger partial charge on any atom is 0.276 e. The highest BCUT2D eigenvalue weighted by molar-refractivity contribution is 6.55. The molecule has 9 heteroatoms. The molecule has 4 rings (SSSR count). The van der Waals surface area contributed by atoms with Crippen LogP contribution < -0.4 is 10.6 Å². The molecule has 2 amide bonds. The highest BCUT2D eigenvalue weighted by Crippen LogP contribution is 2.28. The van der Waals surface area contributed by atoms with Gasteiger partial charge < -0.3 is 10.6 Å². The van der Waals surface area contributed by atoms with E-state index >= 15 is 0 Å². The van der Waals surface area contributed by atoms with Crippen molar-refractivity contribution in [2.75, 3.05) is 10.6 Å². The normalized spacial score (nSPS) is 18.1. The van der Waals surface area contributed by atoms with Crippen molar-refractivity contribution in [2.45, 2.75) is 0 Å². The summed E-state index contributed by atoms with van der Waals surface area (Å²) in [4.78, 5) is 34.4. The summed E-state index contributed by atoms with van der Waals surface area (Å²) in [5.41, 5.74) is 1.70. The Morgan fingerprint density at radius 2 is 1.44 bits per heavy atom. The molecule has 0 aliphatic carbocycles. The van der Waals surface area contributed by atoms with Crippen LogP contribution in [0.1, 0.15) is 11.1 Å². The number of nitro groups is 1. The predicted octanol–water partition coefficient (Wildman–Crippen LogP) is 1.69. The minimum absolute atomic E-state index is 0.0785. The van der Waals surface area contributed by atoms with Gasteiger partial charge in [-0.15, -0.1) is 10.2 Å². The number of benzene rings is 2. The number of nitrogens with zero attached hydrogens (tertiary/aromatic N) is 3. The van der Waals surface area contributed by atoms with Crippen LogP contribution in [-0.2, 0) is 9.59 Å². The average Bonchev–Trinajstić information content (AvgIpc) is 3.08. The smallest absolute Gasteiger partial charge is 0.276 e. The number of nitro benzene ring substituents is 1. The number of carbonyl (C=O) groups is 2. The molecule has 0 saturated heterocycles. The van der Waals surface area contributed by atoms with Gasteiger partial charge in [-0.1, -0.05) is 18.2 Å². The first-order valence-corrected chi connectivity index (χ1v) is 7.21. The number of amides is 2. The number of para-hydroxylation sites is 1. The van der Waals surface area contributed by atoms with Crippen molar-refractivity contribution in [1.29, 1.82) is 0 Å². The fraction of sp³-hybridized carbons (Fsp3) is 0. The summed E-state index contributed by atoms with van der Waals surface area (Å²) < 4.78 is 0. The molecule has 2 heterocycles. The molecular weight excluding hydrogens is 326 g/mol. The second-order valence-electron chi connectivity index (χ2n) is 5.34. The number of nitrogens with one attached hydrogen (secondary N) is 2. The minimum atomic E-state index is -0.562. The van der Waals surface area contributed by atoms with E-state index in [4.69, 9.17) is 0 Å². The van der Waals surface area contributed by atoms with Crippen LogP contribution in [0.4, 0.5) is 17.1 Å². The van der Waals surface area contributed by atoms with Crippen LogP contribution in [0.2, 0.25) is 0 Å². The van der Waals surface area contributed by atoms with Crippen LogP contribution in [0.15, 0.2) is 52.7 Å². The Morgan fingerprint density at radius 1 is 0.840 bits per heavy atom. The standard InChI is InChI=1S/C16H9N5O4/c22-15-13(9-3-1-2-4-11(9)17-15)19-20-14-10-7-8(21(24)25)5-6-12(10)18-16(14)23/h1-7H,(H,17,19,22)(H,18,20,23). The van der Waals surface area contributed by atoms with Crippen molar-refractivity contribution in [3.8, 4) is 0 Å². The summed E-state index contributed by atoms with van der Waals surface area (Å²) in [7, 11) is 0. The summed E-state index contributed by atoms with van der Waals surface area (Å²) in [6, 6.07) is 10.9. The fourth-order valence-electron chi connectivity index (χ4n) is 2.66. The van der Waals surface area contributed by atoms with Crippen molar-refractivity contribution in [3.63, 3.8) is 0 Å². The third-order valence-corrected chi connectivity index (χ3v) is 3.83. The zero-order valence-corrected chi connectivity index (χ0v) is 12.5. The zero-order valence-electron chi connectivity index (χ0n) is 12.5. The molecule has 2 aromatic rings. The lowest BCUT2D eigenvalue weighted by molar-refractivity contribution is -0.384. The van der Waals surface area contributed by atoms with E-state index in [0.717, 1.165) is 0 Å². The Labute approximate surface area is 140 Å². The van der Waals surface area contributed by atoms with Gasteiger partial charge in [0.25, 0.3) is 17.5 Å².